The molecule has 58 valence electrons. The van der Waals surface area contributed by atoms with Gasteiger partial charge in [-0.3, -0.25) is 0 Å². The maximum absolute atomic E-state index is 13.4. The Hall–Kier alpha value is -1.05. The predicted octanol–water partition coefficient (Wildman–Crippen LogP) is 2.23. The summed E-state index contributed by atoms with van der Waals surface area (Å²) in [5.74, 6) is 0. The standard InChI is InChI=1S/C9H10FN/c10-9(5-6-9)7-3-1-2-4-8(7)11/h1-4H,5-6,11H2. The lowest BCUT2D eigenvalue weighted by Crippen LogP contribution is -2.02. The minimum absolute atomic E-state index is 0.576. The monoisotopic (exact) mass is 151 g/mol. The number of rotatable bonds is 1. The molecule has 0 bridgehead atoms. The van der Waals surface area contributed by atoms with Gasteiger partial charge in [0.25, 0.3) is 0 Å². The zero-order chi connectivity index (χ0) is 7.90. The summed E-state index contributed by atoms with van der Waals surface area (Å²) in [4.78, 5) is 0. The first-order valence-corrected chi connectivity index (χ1v) is 3.76. The number of alkyl halides is 1. The van der Waals surface area contributed by atoms with Gasteiger partial charge in [0.15, 0.2) is 0 Å². The molecule has 1 saturated carbocycles. The first-order chi connectivity index (χ1) is 5.22. The SMILES string of the molecule is Nc1ccccc1C1(F)CC1. The molecule has 0 amide bonds. The quantitative estimate of drug-likeness (QED) is 0.612. The normalized spacial score (nSPS) is 19.7. The van der Waals surface area contributed by atoms with E-state index in [1.54, 1.807) is 12.1 Å². The van der Waals surface area contributed by atoms with Crippen LogP contribution in [0, 0.1) is 0 Å². The Kier molecular flexibility index (Phi) is 1.19. The van der Waals surface area contributed by atoms with Gasteiger partial charge in [-0.2, -0.15) is 0 Å². The molecule has 1 aliphatic rings. The summed E-state index contributed by atoms with van der Waals surface area (Å²) in [6.07, 6.45) is 1.25. The van der Waals surface area contributed by atoms with E-state index in [0.29, 0.717) is 24.1 Å². The molecular formula is C9H10FN. The Balaban J connectivity index is 2.45. The van der Waals surface area contributed by atoms with Crippen molar-refractivity contribution in [2.45, 2.75) is 18.5 Å². The van der Waals surface area contributed by atoms with E-state index in [2.05, 4.69) is 0 Å². The van der Waals surface area contributed by atoms with Gasteiger partial charge < -0.3 is 5.73 Å². The summed E-state index contributed by atoms with van der Waals surface area (Å²) >= 11 is 0. The highest BCUT2D eigenvalue weighted by atomic mass is 19.1. The van der Waals surface area contributed by atoms with Crippen LogP contribution in [-0.4, -0.2) is 0 Å². The zero-order valence-electron chi connectivity index (χ0n) is 6.18. The van der Waals surface area contributed by atoms with Gasteiger partial charge in [-0.05, 0) is 18.9 Å². The number of para-hydroxylation sites is 1. The fraction of sp³-hybridized carbons (Fsp3) is 0.333. The van der Waals surface area contributed by atoms with Crippen LogP contribution in [-0.2, 0) is 5.67 Å². The maximum Gasteiger partial charge on any atom is 0.138 e. The molecule has 0 saturated heterocycles. The Morgan fingerprint density at radius 3 is 2.45 bits per heavy atom. The van der Waals surface area contributed by atoms with Crippen molar-refractivity contribution in [3.63, 3.8) is 0 Å². The summed E-state index contributed by atoms with van der Waals surface area (Å²) < 4.78 is 13.4. The van der Waals surface area contributed by atoms with E-state index in [4.69, 9.17) is 5.73 Å². The topological polar surface area (TPSA) is 26.0 Å². The van der Waals surface area contributed by atoms with Crippen molar-refractivity contribution in [1.82, 2.24) is 0 Å². The van der Waals surface area contributed by atoms with Crippen molar-refractivity contribution in [2.24, 2.45) is 0 Å². The molecule has 0 spiro atoms. The summed E-state index contributed by atoms with van der Waals surface area (Å²) in [5, 5.41) is 0. The number of nitrogens with two attached hydrogens (primary N) is 1. The molecule has 2 rings (SSSR count). The minimum atomic E-state index is -1.09. The van der Waals surface area contributed by atoms with Crippen molar-refractivity contribution in [3.05, 3.63) is 29.8 Å². The van der Waals surface area contributed by atoms with Gasteiger partial charge in [0.1, 0.15) is 5.67 Å². The van der Waals surface area contributed by atoms with E-state index in [-0.39, 0.29) is 0 Å². The Bertz CT molecular complexity index is 279. The molecule has 2 heteroatoms. The second-order valence-electron chi connectivity index (χ2n) is 3.05. The van der Waals surface area contributed by atoms with Crippen molar-refractivity contribution < 1.29 is 4.39 Å². The minimum Gasteiger partial charge on any atom is -0.398 e. The van der Waals surface area contributed by atoms with Gasteiger partial charge in [-0.25, -0.2) is 4.39 Å². The van der Waals surface area contributed by atoms with Crippen molar-refractivity contribution in [1.29, 1.82) is 0 Å². The molecule has 0 aromatic heterocycles. The number of nitrogen functional groups attached to an aromatic ring is 1. The molecule has 1 fully saturated rings. The van der Waals surface area contributed by atoms with Crippen LogP contribution in [0.5, 0.6) is 0 Å². The van der Waals surface area contributed by atoms with Crippen LogP contribution >= 0.6 is 0 Å². The predicted molar refractivity (Wildman–Crippen MR) is 42.9 cm³/mol. The second-order valence-corrected chi connectivity index (χ2v) is 3.05. The average molecular weight is 151 g/mol. The van der Waals surface area contributed by atoms with Gasteiger partial charge in [0.05, 0.1) is 0 Å². The molecule has 1 aromatic rings. The van der Waals surface area contributed by atoms with Gasteiger partial charge >= 0.3 is 0 Å². The largest absolute Gasteiger partial charge is 0.398 e. The van der Waals surface area contributed by atoms with Gasteiger partial charge in [-0.1, -0.05) is 18.2 Å². The fourth-order valence-corrected chi connectivity index (χ4v) is 1.28. The third-order valence-corrected chi connectivity index (χ3v) is 2.13. The number of hydrogen-bond acceptors (Lipinski definition) is 1. The molecular weight excluding hydrogens is 141 g/mol. The molecule has 1 nitrogen and oxygen atoms in total. The molecule has 2 N–H and O–H groups in total. The maximum atomic E-state index is 13.4. The summed E-state index contributed by atoms with van der Waals surface area (Å²) in [6.45, 7) is 0. The fourth-order valence-electron chi connectivity index (χ4n) is 1.28. The molecule has 1 aromatic carbocycles. The number of benzene rings is 1. The van der Waals surface area contributed by atoms with Gasteiger partial charge in [0, 0.05) is 11.3 Å². The zero-order valence-corrected chi connectivity index (χ0v) is 6.18. The number of hydrogen-bond donors (Lipinski definition) is 1. The van der Waals surface area contributed by atoms with E-state index in [1.807, 2.05) is 12.1 Å². The molecule has 0 heterocycles. The van der Waals surface area contributed by atoms with Crippen molar-refractivity contribution >= 4 is 5.69 Å². The van der Waals surface area contributed by atoms with E-state index in [0.717, 1.165) is 0 Å². The van der Waals surface area contributed by atoms with E-state index in [9.17, 15) is 4.39 Å². The third-order valence-electron chi connectivity index (χ3n) is 2.13. The molecule has 0 unspecified atom stereocenters. The lowest BCUT2D eigenvalue weighted by Gasteiger charge is -2.07. The van der Waals surface area contributed by atoms with Crippen LogP contribution in [0.25, 0.3) is 0 Å². The first kappa shape index (κ1) is 6.65. The molecule has 0 atom stereocenters. The van der Waals surface area contributed by atoms with Crippen molar-refractivity contribution in [3.8, 4) is 0 Å². The number of halogens is 1. The first-order valence-electron chi connectivity index (χ1n) is 3.76. The summed E-state index contributed by atoms with van der Waals surface area (Å²) in [5.41, 5.74) is 5.76. The van der Waals surface area contributed by atoms with E-state index >= 15 is 0 Å². The van der Waals surface area contributed by atoms with E-state index in [1.165, 1.54) is 0 Å². The van der Waals surface area contributed by atoms with Crippen LogP contribution in [0.15, 0.2) is 24.3 Å². The third kappa shape index (κ3) is 0.985. The molecule has 11 heavy (non-hydrogen) atoms. The lowest BCUT2D eigenvalue weighted by molar-refractivity contribution is 0.318. The van der Waals surface area contributed by atoms with Crippen LogP contribution in [0.4, 0.5) is 10.1 Å². The highest BCUT2D eigenvalue weighted by Crippen LogP contribution is 2.51. The molecule has 0 radical (unpaired) electrons. The van der Waals surface area contributed by atoms with Gasteiger partial charge in [-0.15, -0.1) is 0 Å². The van der Waals surface area contributed by atoms with E-state index < -0.39 is 5.67 Å². The smallest absolute Gasteiger partial charge is 0.138 e. The second kappa shape index (κ2) is 1.97. The average Bonchev–Trinajstić information content (AvgIpc) is 2.70. The Morgan fingerprint density at radius 1 is 1.27 bits per heavy atom. The van der Waals surface area contributed by atoms with Gasteiger partial charge in [0.2, 0.25) is 0 Å². The summed E-state index contributed by atoms with van der Waals surface area (Å²) in [7, 11) is 0. The Morgan fingerprint density at radius 2 is 1.91 bits per heavy atom. The molecule has 1 aliphatic carbocycles. The summed E-state index contributed by atoms with van der Waals surface area (Å²) in [6, 6.07) is 7.16. The highest BCUT2D eigenvalue weighted by molar-refractivity contribution is 5.51. The van der Waals surface area contributed by atoms with Crippen LogP contribution in [0.2, 0.25) is 0 Å². The Labute approximate surface area is 65.0 Å². The van der Waals surface area contributed by atoms with Crippen LogP contribution < -0.4 is 5.73 Å². The van der Waals surface area contributed by atoms with Crippen LogP contribution in [0.3, 0.4) is 0 Å². The van der Waals surface area contributed by atoms with Crippen LogP contribution in [0.1, 0.15) is 18.4 Å². The number of anilines is 1. The van der Waals surface area contributed by atoms with Crippen molar-refractivity contribution in [2.75, 3.05) is 5.73 Å². The lowest BCUT2D eigenvalue weighted by atomic mass is 10.1. The molecule has 0 aliphatic heterocycles. The highest BCUT2D eigenvalue weighted by Gasteiger charge is 2.45.